The molecule has 0 saturated carbocycles. The first-order chi connectivity index (χ1) is 4.45. The molecule has 0 aliphatic rings. The summed E-state index contributed by atoms with van der Waals surface area (Å²) >= 11 is 3.05. The fourth-order valence-corrected chi connectivity index (χ4v) is 0.945. The first-order valence-electron chi connectivity index (χ1n) is 3.07. The second-order valence-corrected chi connectivity index (χ2v) is 8.37. The van der Waals surface area contributed by atoms with Gasteiger partial charge in [0.1, 0.15) is 8.07 Å². The summed E-state index contributed by atoms with van der Waals surface area (Å²) in [4.78, 5) is 10.7. The Balaban J connectivity index is 4.05. The van der Waals surface area contributed by atoms with Crippen molar-refractivity contribution >= 4 is 29.8 Å². The van der Waals surface area contributed by atoms with Crippen LogP contribution in [0.5, 0.6) is 0 Å². The highest BCUT2D eigenvalue weighted by Gasteiger charge is 2.07. The lowest BCUT2D eigenvalue weighted by Gasteiger charge is -2.02. The van der Waals surface area contributed by atoms with E-state index in [2.05, 4.69) is 47.0 Å². The zero-order chi connectivity index (χ0) is 8.20. The number of Topliss-reactive ketones (excluding diaryl/α,β-unsaturated/α-hetero) is 1. The molecule has 0 aliphatic heterocycles. The minimum atomic E-state index is -1.34. The van der Waals surface area contributed by atoms with Gasteiger partial charge in [-0.2, -0.15) is 0 Å². The predicted molar refractivity (Wildman–Crippen MR) is 49.9 cm³/mol. The number of carbonyl (C=O) groups is 1. The third-order valence-electron chi connectivity index (χ3n) is 0.698. The van der Waals surface area contributed by atoms with Gasteiger partial charge in [-0.05, 0) is 5.92 Å². The molecule has 0 aromatic heterocycles. The van der Waals surface area contributed by atoms with E-state index < -0.39 is 8.07 Å². The Bertz CT molecular complexity index is 182. The van der Waals surface area contributed by atoms with Crippen molar-refractivity contribution in [2.75, 3.05) is 5.33 Å². The molecule has 0 aromatic rings. The summed E-state index contributed by atoms with van der Waals surface area (Å²) in [5.74, 6) is 2.57. The predicted octanol–water partition coefficient (Wildman–Crippen LogP) is 1.83. The summed E-state index contributed by atoms with van der Waals surface area (Å²) < 4.78 is 0. The summed E-state index contributed by atoms with van der Waals surface area (Å²) in [6.45, 7) is 6.34. The SMILES string of the molecule is C[Si](C)(C)C#CC(=O)CBr. The topological polar surface area (TPSA) is 17.1 Å². The minimum absolute atomic E-state index is 0.0255. The van der Waals surface area contributed by atoms with Gasteiger partial charge in [0.25, 0.3) is 0 Å². The van der Waals surface area contributed by atoms with E-state index in [-0.39, 0.29) is 5.78 Å². The van der Waals surface area contributed by atoms with Gasteiger partial charge in [0.15, 0.2) is 0 Å². The maximum atomic E-state index is 10.7. The second-order valence-electron chi connectivity index (χ2n) is 3.06. The van der Waals surface area contributed by atoms with Crippen LogP contribution in [0.25, 0.3) is 0 Å². The summed E-state index contributed by atoms with van der Waals surface area (Å²) in [6, 6.07) is 0. The van der Waals surface area contributed by atoms with Crippen LogP contribution in [0.2, 0.25) is 19.6 Å². The standard InChI is InChI=1S/C7H11BrOSi/c1-10(2,3)5-4-7(9)6-8/h6H2,1-3H3. The van der Waals surface area contributed by atoms with Crippen molar-refractivity contribution in [1.82, 2.24) is 0 Å². The van der Waals surface area contributed by atoms with Crippen LogP contribution in [-0.4, -0.2) is 19.2 Å². The molecule has 0 aliphatic carbocycles. The van der Waals surface area contributed by atoms with E-state index in [0.717, 1.165) is 0 Å². The summed E-state index contributed by atoms with van der Waals surface area (Å²) in [5.41, 5.74) is 2.98. The number of ketones is 1. The zero-order valence-electron chi connectivity index (χ0n) is 6.49. The number of carbonyl (C=O) groups excluding carboxylic acids is 1. The van der Waals surface area contributed by atoms with Gasteiger partial charge in [-0.15, -0.1) is 5.54 Å². The van der Waals surface area contributed by atoms with Crippen LogP contribution in [0.15, 0.2) is 0 Å². The third-order valence-corrected chi connectivity index (χ3v) is 2.08. The van der Waals surface area contributed by atoms with Crippen LogP contribution in [0.4, 0.5) is 0 Å². The van der Waals surface area contributed by atoms with Gasteiger partial charge in [0, 0.05) is 0 Å². The Morgan fingerprint density at radius 1 is 1.50 bits per heavy atom. The van der Waals surface area contributed by atoms with Crippen LogP contribution in [0.1, 0.15) is 0 Å². The smallest absolute Gasteiger partial charge is 0.215 e. The molecule has 1 nitrogen and oxygen atoms in total. The molecule has 0 bridgehead atoms. The fourth-order valence-electron chi connectivity index (χ4n) is 0.291. The Hall–Kier alpha value is -0.0731. The molecule has 0 atom stereocenters. The number of hydrogen-bond acceptors (Lipinski definition) is 1. The monoisotopic (exact) mass is 218 g/mol. The molecule has 56 valence electrons. The molecule has 0 amide bonds. The van der Waals surface area contributed by atoms with Crippen molar-refractivity contribution < 1.29 is 4.79 Å². The maximum absolute atomic E-state index is 10.7. The molecule has 0 heterocycles. The molecule has 10 heavy (non-hydrogen) atoms. The van der Waals surface area contributed by atoms with Gasteiger partial charge in [-0.1, -0.05) is 35.6 Å². The lowest BCUT2D eigenvalue weighted by Crippen LogP contribution is -2.17. The largest absolute Gasteiger partial charge is 0.284 e. The average molecular weight is 219 g/mol. The number of halogens is 1. The Morgan fingerprint density at radius 2 is 2.00 bits per heavy atom. The fraction of sp³-hybridized carbons (Fsp3) is 0.571. The van der Waals surface area contributed by atoms with Crippen molar-refractivity contribution in [2.45, 2.75) is 19.6 Å². The summed E-state index contributed by atoms with van der Waals surface area (Å²) in [7, 11) is -1.34. The Morgan fingerprint density at radius 3 is 2.30 bits per heavy atom. The van der Waals surface area contributed by atoms with Gasteiger partial charge in [-0.25, -0.2) is 0 Å². The summed E-state index contributed by atoms with van der Waals surface area (Å²) in [5, 5.41) is 0.352. The Labute approximate surface area is 71.3 Å². The van der Waals surface area contributed by atoms with E-state index in [4.69, 9.17) is 0 Å². The van der Waals surface area contributed by atoms with Gasteiger partial charge >= 0.3 is 0 Å². The van der Waals surface area contributed by atoms with E-state index >= 15 is 0 Å². The molecular formula is C7H11BrOSi. The molecule has 0 radical (unpaired) electrons. The van der Waals surface area contributed by atoms with E-state index in [9.17, 15) is 4.79 Å². The average Bonchev–Trinajstić information content (AvgIpc) is 1.81. The normalized spacial score (nSPS) is 10.0. The quantitative estimate of drug-likeness (QED) is 0.373. The van der Waals surface area contributed by atoms with E-state index in [1.807, 2.05) is 0 Å². The number of rotatable bonds is 1. The lowest BCUT2D eigenvalue weighted by molar-refractivity contribution is -0.111. The summed E-state index contributed by atoms with van der Waals surface area (Å²) in [6.07, 6.45) is 0. The number of hydrogen-bond donors (Lipinski definition) is 0. The molecule has 0 unspecified atom stereocenters. The highest BCUT2D eigenvalue weighted by molar-refractivity contribution is 9.09. The molecule has 0 saturated heterocycles. The minimum Gasteiger partial charge on any atom is -0.284 e. The lowest BCUT2D eigenvalue weighted by atomic mass is 10.5. The van der Waals surface area contributed by atoms with Crippen LogP contribution >= 0.6 is 15.9 Å². The van der Waals surface area contributed by atoms with E-state index in [0.29, 0.717) is 5.33 Å². The molecule has 0 fully saturated rings. The van der Waals surface area contributed by atoms with E-state index in [1.165, 1.54) is 0 Å². The van der Waals surface area contributed by atoms with Gasteiger partial charge in [0.2, 0.25) is 5.78 Å². The van der Waals surface area contributed by atoms with Crippen LogP contribution < -0.4 is 0 Å². The molecule has 0 N–H and O–H groups in total. The highest BCUT2D eigenvalue weighted by Crippen LogP contribution is 1.96. The first-order valence-corrected chi connectivity index (χ1v) is 7.70. The van der Waals surface area contributed by atoms with Crippen LogP contribution in [-0.2, 0) is 4.79 Å². The van der Waals surface area contributed by atoms with Gasteiger partial charge < -0.3 is 0 Å². The Kier molecular flexibility index (Phi) is 3.91. The van der Waals surface area contributed by atoms with Crippen molar-refractivity contribution in [3.05, 3.63) is 0 Å². The van der Waals surface area contributed by atoms with E-state index in [1.54, 1.807) is 0 Å². The molecule has 3 heteroatoms. The van der Waals surface area contributed by atoms with Gasteiger partial charge in [-0.3, -0.25) is 4.79 Å². The molecule has 0 aromatic carbocycles. The molecule has 0 rings (SSSR count). The molecular weight excluding hydrogens is 208 g/mol. The third kappa shape index (κ3) is 6.05. The van der Waals surface area contributed by atoms with Crippen molar-refractivity contribution in [1.29, 1.82) is 0 Å². The highest BCUT2D eigenvalue weighted by atomic mass is 79.9. The van der Waals surface area contributed by atoms with Crippen molar-refractivity contribution in [3.8, 4) is 11.5 Å². The van der Waals surface area contributed by atoms with Gasteiger partial charge in [0.05, 0.1) is 5.33 Å². The van der Waals surface area contributed by atoms with Crippen LogP contribution in [0.3, 0.4) is 0 Å². The zero-order valence-corrected chi connectivity index (χ0v) is 9.08. The van der Waals surface area contributed by atoms with Crippen molar-refractivity contribution in [3.63, 3.8) is 0 Å². The van der Waals surface area contributed by atoms with Crippen molar-refractivity contribution in [2.24, 2.45) is 0 Å². The maximum Gasteiger partial charge on any atom is 0.215 e. The molecule has 0 spiro atoms. The van der Waals surface area contributed by atoms with Crippen LogP contribution in [0, 0.1) is 11.5 Å². The number of alkyl halides is 1. The first kappa shape index (κ1) is 9.93. The second kappa shape index (κ2) is 3.94.